The first kappa shape index (κ1) is 12.7. The second-order valence-electron chi connectivity index (χ2n) is 3.95. The molecule has 0 radical (unpaired) electrons. The Bertz CT molecular complexity index is 537. The molecule has 2 rings (SSSR count). The van der Waals surface area contributed by atoms with Crippen LogP contribution >= 0.6 is 11.6 Å². The number of halogens is 1. The third-order valence-corrected chi connectivity index (χ3v) is 2.77. The van der Waals surface area contributed by atoms with Crippen LogP contribution in [-0.4, -0.2) is 11.9 Å². The molecule has 2 aromatic carbocycles. The van der Waals surface area contributed by atoms with Gasteiger partial charge >= 0.3 is 0 Å². The molecule has 0 spiro atoms. The molecule has 0 saturated heterocycles. The molecule has 0 amide bonds. The van der Waals surface area contributed by atoms with E-state index in [1.807, 2.05) is 30.3 Å². The first-order valence-corrected chi connectivity index (χ1v) is 6.06. The molecular formula is C15H13ClO2. The number of hydrogen-bond acceptors (Lipinski definition) is 2. The normalized spacial score (nSPS) is 11.9. The van der Waals surface area contributed by atoms with Gasteiger partial charge in [-0.25, -0.2) is 0 Å². The van der Waals surface area contributed by atoms with Crippen LogP contribution in [0.2, 0.25) is 5.02 Å². The predicted molar refractivity (Wildman–Crippen MR) is 72.3 cm³/mol. The molecule has 2 aromatic rings. The van der Waals surface area contributed by atoms with E-state index in [1.54, 1.807) is 31.2 Å². The molecule has 0 aliphatic rings. The highest BCUT2D eigenvalue weighted by Crippen LogP contribution is 2.16. The van der Waals surface area contributed by atoms with Crippen LogP contribution in [0.5, 0.6) is 5.75 Å². The Morgan fingerprint density at radius 3 is 2.50 bits per heavy atom. The van der Waals surface area contributed by atoms with Gasteiger partial charge in [0.25, 0.3) is 0 Å². The maximum Gasteiger partial charge on any atom is 0.203 e. The molecule has 0 N–H and O–H groups in total. The van der Waals surface area contributed by atoms with Gasteiger partial charge in [0.1, 0.15) is 5.75 Å². The second-order valence-corrected chi connectivity index (χ2v) is 4.38. The smallest absolute Gasteiger partial charge is 0.203 e. The standard InChI is InChI=1S/C15H13ClO2/c1-11(18-14-8-3-2-4-9-14)15(17)12-6-5-7-13(16)10-12/h2-11H,1H3. The highest BCUT2D eigenvalue weighted by Gasteiger charge is 2.16. The lowest BCUT2D eigenvalue weighted by molar-refractivity contribution is 0.0818. The van der Waals surface area contributed by atoms with Gasteiger partial charge in [0.2, 0.25) is 5.78 Å². The van der Waals surface area contributed by atoms with E-state index in [4.69, 9.17) is 16.3 Å². The molecule has 0 bridgehead atoms. The molecule has 0 saturated carbocycles. The summed E-state index contributed by atoms with van der Waals surface area (Å²) in [6.07, 6.45) is -0.536. The fraction of sp³-hybridized carbons (Fsp3) is 0.133. The summed E-state index contributed by atoms with van der Waals surface area (Å²) >= 11 is 5.86. The Hall–Kier alpha value is -1.80. The Kier molecular flexibility index (Phi) is 4.00. The van der Waals surface area contributed by atoms with Crippen molar-refractivity contribution in [3.63, 3.8) is 0 Å². The van der Waals surface area contributed by atoms with Crippen LogP contribution in [-0.2, 0) is 0 Å². The van der Waals surface area contributed by atoms with Crippen molar-refractivity contribution in [1.82, 2.24) is 0 Å². The molecule has 1 atom stereocenters. The topological polar surface area (TPSA) is 26.3 Å². The highest BCUT2D eigenvalue weighted by atomic mass is 35.5. The van der Waals surface area contributed by atoms with Crippen molar-refractivity contribution >= 4 is 17.4 Å². The van der Waals surface area contributed by atoms with E-state index in [-0.39, 0.29) is 5.78 Å². The lowest BCUT2D eigenvalue weighted by atomic mass is 10.1. The van der Waals surface area contributed by atoms with Crippen molar-refractivity contribution in [3.05, 3.63) is 65.2 Å². The average Bonchev–Trinajstić information content (AvgIpc) is 2.39. The summed E-state index contributed by atoms with van der Waals surface area (Å²) < 4.78 is 5.58. The van der Waals surface area contributed by atoms with Crippen molar-refractivity contribution in [1.29, 1.82) is 0 Å². The van der Waals surface area contributed by atoms with Gasteiger partial charge in [0.15, 0.2) is 6.10 Å². The van der Waals surface area contributed by atoms with E-state index in [9.17, 15) is 4.79 Å². The first-order valence-electron chi connectivity index (χ1n) is 5.68. The quantitative estimate of drug-likeness (QED) is 0.777. The molecule has 92 valence electrons. The number of hydrogen-bond donors (Lipinski definition) is 0. The van der Waals surface area contributed by atoms with Gasteiger partial charge in [-0.1, -0.05) is 41.9 Å². The molecule has 3 heteroatoms. The molecule has 1 unspecified atom stereocenters. The molecule has 0 aliphatic carbocycles. The highest BCUT2D eigenvalue weighted by molar-refractivity contribution is 6.31. The molecule has 0 aliphatic heterocycles. The SMILES string of the molecule is CC(Oc1ccccc1)C(=O)c1cccc(Cl)c1. The van der Waals surface area contributed by atoms with E-state index in [0.717, 1.165) is 0 Å². The Morgan fingerprint density at radius 2 is 1.83 bits per heavy atom. The van der Waals surface area contributed by atoms with E-state index in [2.05, 4.69) is 0 Å². The zero-order valence-electron chi connectivity index (χ0n) is 9.97. The van der Waals surface area contributed by atoms with Gasteiger partial charge in [-0.3, -0.25) is 4.79 Å². The maximum atomic E-state index is 12.1. The maximum absolute atomic E-state index is 12.1. The molecule has 0 fully saturated rings. The van der Waals surface area contributed by atoms with Crippen LogP contribution in [0.25, 0.3) is 0 Å². The van der Waals surface area contributed by atoms with Crippen molar-refractivity contribution in [2.45, 2.75) is 13.0 Å². The second kappa shape index (κ2) is 5.69. The van der Waals surface area contributed by atoms with Crippen LogP contribution in [0.1, 0.15) is 17.3 Å². The van der Waals surface area contributed by atoms with Crippen molar-refractivity contribution in [2.24, 2.45) is 0 Å². The number of carbonyl (C=O) groups is 1. The van der Waals surface area contributed by atoms with E-state index in [1.165, 1.54) is 0 Å². The number of para-hydroxylation sites is 1. The number of carbonyl (C=O) groups excluding carboxylic acids is 1. The van der Waals surface area contributed by atoms with Gasteiger partial charge in [0.05, 0.1) is 0 Å². The summed E-state index contributed by atoms with van der Waals surface area (Å²) in [6, 6.07) is 16.2. The van der Waals surface area contributed by atoms with Crippen LogP contribution in [0.4, 0.5) is 0 Å². The molecular weight excluding hydrogens is 248 g/mol. The van der Waals surface area contributed by atoms with Crippen LogP contribution < -0.4 is 4.74 Å². The summed E-state index contributed by atoms with van der Waals surface area (Å²) in [5.41, 5.74) is 0.561. The van der Waals surface area contributed by atoms with Gasteiger partial charge in [-0.15, -0.1) is 0 Å². The number of ketones is 1. The number of ether oxygens (including phenoxy) is 1. The van der Waals surface area contributed by atoms with E-state index < -0.39 is 6.10 Å². The average molecular weight is 261 g/mol. The summed E-state index contributed by atoms with van der Waals surface area (Å²) in [4.78, 5) is 12.1. The Labute approximate surface area is 111 Å². The summed E-state index contributed by atoms with van der Waals surface area (Å²) in [6.45, 7) is 1.73. The van der Waals surface area contributed by atoms with Gasteiger partial charge in [-0.05, 0) is 31.2 Å². The summed E-state index contributed by atoms with van der Waals surface area (Å²) in [5.74, 6) is 0.599. The largest absolute Gasteiger partial charge is 0.483 e. The number of rotatable bonds is 4. The lowest BCUT2D eigenvalue weighted by Crippen LogP contribution is -2.23. The first-order chi connectivity index (χ1) is 8.66. The summed E-state index contributed by atoms with van der Waals surface area (Å²) in [7, 11) is 0. The molecule has 0 heterocycles. The van der Waals surface area contributed by atoms with Crippen molar-refractivity contribution in [3.8, 4) is 5.75 Å². The minimum Gasteiger partial charge on any atom is -0.483 e. The third kappa shape index (κ3) is 3.11. The minimum atomic E-state index is -0.536. The zero-order valence-corrected chi connectivity index (χ0v) is 10.7. The monoisotopic (exact) mass is 260 g/mol. The Balaban J connectivity index is 2.10. The fourth-order valence-corrected chi connectivity index (χ4v) is 1.82. The predicted octanol–water partition coefficient (Wildman–Crippen LogP) is 3.99. The Morgan fingerprint density at radius 1 is 1.11 bits per heavy atom. The van der Waals surface area contributed by atoms with Gasteiger partial charge in [0, 0.05) is 10.6 Å². The summed E-state index contributed by atoms with van der Waals surface area (Å²) in [5, 5.41) is 0.549. The van der Waals surface area contributed by atoms with E-state index >= 15 is 0 Å². The van der Waals surface area contributed by atoms with Crippen LogP contribution in [0, 0.1) is 0 Å². The third-order valence-electron chi connectivity index (χ3n) is 2.53. The van der Waals surface area contributed by atoms with Crippen LogP contribution in [0.3, 0.4) is 0 Å². The minimum absolute atomic E-state index is 0.0821. The lowest BCUT2D eigenvalue weighted by Gasteiger charge is -2.13. The fourth-order valence-electron chi connectivity index (χ4n) is 1.63. The number of benzene rings is 2. The van der Waals surface area contributed by atoms with Gasteiger partial charge in [-0.2, -0.15) is 0 Å². The van der Waals surface area contributed by atoms with E-state index in [0.29, 0.717) is 16.3 Å². The molecule has 0 aromatic heterocycles. The van der Waals surface area contributed by atoms with Crippen LogP contribution in [0.15, 0.2) is 54.6 Å². The van der Waals surface area contributed by atoms with Crippen molar-refractivity contribution in [2.75, 3.05) is 0 Å². The van der Waals surface area contributed by atoms with Crippen molar-refractivity contribution < 1.29 is 9.53 Å². The zero-order chi connectivity index (χ0) is 13.0. The molecule has 2 nitrogen and oxygen atoms in total. The van der Waals surface area contributed by atoms with Gasteiger partial charge < -0.3 is 4.74 Å². The number of Topliss-reactive ketones (excluding diaryl/α,β-unsaturated/α-hetero) is 1. The molecule has 18 heavy (non-hydrogen) atoms.